The number of sulfonamides is 1. The number of rotatable bonds is 14. The fraction of sp³-hybridized carbons (Fsp3) is 0.586. The van der Waals surface area contributed by atoms with Gasteiger partial charge in [0.1, 0.15) is 5.00 Å². The van der Waals surface area contributed by atoms with Crippen LogP contribution in [0.15, 0.2) is 29.2 Å². The van der Waals surface area contributed by atoms with Gasteiger partial charge in [0, 0.05) is 50.2 Å². The van der Waals surface area contributed by atoms with Gasteiger partial charge in [0.15, 0.2) is 0 Å². The van der Waals surface area contributed by atoms with Crippen molar-refractivity contribution in [3.63, 3.8) is 0 Å². The zero-order valence-electron chi connectivity index (χ0n) is 24.1. The highest BCUT2D eigenvalue weighted by Crippen LogP contribution is 2.38. The molecule has 2 aromatic rings. The Morgan fingerprint density at radius 1 is 0.974 bits per heavy atom. The van der Waals surface area contributed by atoms with Gasteiger partial charge < -0.3 is 10.2 Å². The topological polar surface area (TPSA) is 90.0 Å². The van der Waals surface area contributed by atoms with E-state index in [1.165, 1.54) is 39.9 Å². The lowest BCUT2D eigenvalue weighted by Crippen LogP contribution is -2.35. The second kappa shape index (κ2) is 14.4. The Morgan fingerprint density at radius 2 is 1.64 bits per heavy atom. The van der Waals surface area contributed by atoms with Gasteiger partial charge in [0.05, 0.1) is 10.5 Å². The molecule has 0 spiro atoms. The van der Waals surface area contributed by atoms with Crippen molar-refractivity contribution in [2.75, 3.05) is 45.1 Å². The highest BCUT2D eigenvalue weighted by molar-refractivity contribution is 7.89. The van der Waals surface area contributed by atoms with Crippen molar-refractivity contribution < 1.29 is 18.0 Å². The molecule has 1 aliphatic rings. The van der Waals surface area contributed by atoms with E-state index in [-0.39, 0.29) is 16.7 Å². The number of benzene rings is 1. The van der Waals surface area contributed by atoms with Crippen LogP contribution in [-0.4, -0.2) is 74.1 Å². The third kappa shape index (κ3) is 7.48. The molecule has 0 radical (unpaired) electrons. The smallest absolute Gasteiger partial charge is 0.257 e. The molecule has 1 aromatic carbocycles. The molecular weight excluding hydrogens is 532 g/mol. The molecule has 39 heavy (non-hydrogen) atoms. The number of anilines is 1. The summed E-state index contributed by atoms with van der Waals surface area (Å²) in [5.74, 6) is -0.374. The highest BCUT2D eigenvalue weighted by atomic mass is 32.2. The summed E-state index contributed by atoms with van der Waals surface area (Å²) in [6.45, 7) is 12.8. The molecule has 1 aliphatic heterocycles. The molecule has 1 aromatic heterocycles. The first-order valence-electron chi connectivity index (χ1n) is 14.2. The lowest BCUT2D eigenvalue weighted by atomic mass is 10.0. The molecule has 0 bridgehead atoms. The second-order valence-electron chi connectivity index (χ2n) is 10.2. The lowest BCUT2D eigenvalue weighted by molar-refractivity contribution is 0.0755. The molecule has 0 aliphatic carbocycles. The second-order valence-corrected chi connectivity index (χ2v) is 13.3. The summed E-state index contributed by atoms with van der Waals surface area (Å²) in [6, 6.07) is 6.03. The van der Waals surface area contributed by atoms with E-state index in [1.54, 1.807) is 7.05 Å². The number of carbonyl (C=O) groups excluding carboxylic acids is 2. The van der Waals surface area contributed by atoms with Crippen LogP contribution in [0.2, 0.25) is 0 Å². The first kappa shape index (κ1) is 31.3. The SMILES string of the molecule is CCCCN(C)S(=O)(=O)c1ccc(C(=O)Nc2sc3c(c2C(=O)N(CCC)CCC)CCN(CCC)C3)cc1. The summed E-state index contributed by atoms with van der Waals surface area (Å²) in [7, 11) is -2.04. The molecular formula is C29H44N4O4S2. The number of unbranched alkanes of at least 4 members (excludes halogenated alkanes) is 1. The van der Waals surface area contributed by atoms with Gasteiger partial charge in [0.25, 0.3) is 11.8 Å². The van der Waals surface area contributed by atoms with Gasteiger partial charge in [-0.15, -0.1) is 11.3 Å². The summed E-state index contributed by atoms with van der Waals surface area (Å²) in [6.07, 6.45) is 5.27. The van der Waals surface area contributed by atoms with Crippen LogP contribution in [0.3, 0.4) is 0 Å². The van der Waals surface area contributed by atoms with E-state index in [4.69, 9.17) is 0 Å². The van der Waals surface area contributed by atoms with Gasteiger partial charge in [-0.2, -0.15) is 0 Å². The van der Waals surface area contributed by atoms with E-state index in [0.717, 1.165) is 68.6 Å². The fourth-order valence-corrected chi connectivity index (χ4v) is 7.41. The average Bonchev–Trinajstić information content (AvgIpc) is 3.28. The van der Waals surface area contributed by atoms with Gasteiger partial charge in [-0.3, -0.25) is 14.5 Å². The summed E-state index contributed by atoms with van der Waals surface area (Å²) >= 11 is 1.49. The molecule has 8 nitrogen and oxygen atoms in total. The van der Waals surface area contributed by atoms with Crippen LogP contribution in [0.4, 0.5) is 5.00 Å². The van der Waals surface area contributed by atoms with Crippen molar-refractivity contribution >= 4 is 38.2 Å². The number of nitrogens with zero attached hydrogens (tertiary/aromatic N) is 3. The van der Waals surface area contributed by atoms with Gasteiger partial charge in [-0.25, -0.2) is 12.7 Å². The quantitative estimate of drug-likeness (QED) is 0.323. The zero-order chi connectivity index (χ0) is 28.6. The maximum absolute atomic E-state index is 13.8. The zero-order valence-corrected chi connectivity index (χ0v) is 25.7. The molecule has 0 unspecified atom stereocenters. The van der Waals surface area contributed by atoms with E-state index in [1.807, 2.05) is 11.8 Å². The summed E-state index contributed by atoms with van der Waals surface area (Å²) < 4.78 is 27.1. The predicted molar refractivity (Wildman–Crippen MR) is 159 cm³/mol. The van der Waals surface area contributed by atoms with Gasteiger partial charge in [0.2, 0.25) is 10.0 Å². The normalized spacial score (nSPS) is 13.9. The molecule has 2 heterocycles. The van der Waals surface area contributed by atoms with Crippen LogP contribution in [0.5, 0.6) is 0 Å². The Morgan fingerprint density at radius 3 is 2.23 bits per heavy atom. The predicted octanol–water partition coefficient (Wildman–Crippen LogP) is 5.45. The largest absolute Gasteiger partial charge is 0.339 e. The maximum Gasteiger partial charge on any atom is 0.257 e. The Labute approximate surface area is 238 Å². The van der Waals surface area contributed by atoms with Crippen LogP contribution in [0.25, 0.3) is 0 Å². The van der Waals surface area contributed by atoms with E-state index in [0.29, 0.717) is 35.8 Å². The highest BCUT2D eigenvalue weighted by Gasteiger charge is 2.31. The van der Waals surface area contributed by atoms with Crippen LogP contribution in [0, 0.1) is 0 Å². The van der Waals surface area contributed by atoms with Crippen molar-refractivity contribution in [3.05, 3.63) is 45.8 Å². The van der Waals surface area contributed by atoms with Crippen molar-refractivity contribution in [2.24, 2.45) is 0 Å². The molecule has 216 valence electrons. The molecule has 0 atom stereocenters. The van der Waals surface area contributed by atoms with Gasteiger partial charge in [-0.1, -0.05) is 34.1 Å². The van der Waals surface area contributed by atoms with Gasteiger partial charge in [-0.05, 0) is 68.5 Å². The standard InChI is InChI=1S/C29H44N4O4S2/c1-6-10-19-31(5)39(36,37)23-13-11-22(12-14-23)27(34)30-28-26(29(35)33(17-8-3)18-9-4)24-15-20-32(16-7-2)21-25(24)38-28/h11-14H,6-10,15-21H2,1-5H3,(H,30,34). The molecule has 0 saturated carbocycles. The third-order valence-electron chi connectivity index (χ3n) is 7.04. The number of nitrogens with one attached hydrogen (secondary N) is 1. The number of carbonyl (C=O) groups is 2. The Kier molecular flexibility index (Phi) is 11.5. The van der Waals surface area contributed by atoms with Crippen LogP contribution in [0.1, 0.15) is 91.0 Å². The van der Waals surface area contributed by atoms with Crippen LogP contribution >= 0.6 is 11.3 Å². The van der Waals surface area contributed by atoms with E-state index >= 15 is 0 Å². The van der Waals surface area contributed by atoms with Crippen molar-refractivity contribution in [1.29, 1.82) is 0 Å². The van der Waals surface area contributed by atoms with Gasteiger partial charge >= 0.3 is 0 Å². The number of thiophene rings is 1. The first-order chi connectivity index (χ1) is 18.7. The molecule has 10 heteroatoms. The van der Waals surface area contributed by atoms with Crippen LogP contribution in [-0.2, 0) is 23.0 Å². The summed E-state index contributed by atoms with van der Waals surface area (Å²) in [4.78, 5) is 32.7. The first-order valence-corrected chi connectivity index (χ1v) is 16.5. The molecule has 0 saturated heterocycles. The molecule has 3 rings (SSSR count). The minimum atomic E-state index is -3.61. The van der Waals surface area contributed by atoms with E-state index in [2.05, 4.69) is 31.0 Å². The summed E-state index contributed by atoms with van der Waals surface area (Å²) in [5, 5.41) is 3.60. The van der Waals surface area contributed by atoms with Crippen molar-refractivity contribution in [2.45, 2.75) is 77.7 Å². The Balaban J connectivity index is 1.89. The number of hydrogen-bond acceptors (Lipinski definition) is 6. The third-order valence-corrected chi connectivity index (χ3v) is 10.0. The average molecular weight is 577 g/mol. The number of amides is 2. The van der Waals surface area contributed by atoms with Crippen molar-refractivity contribution in [3.8, 4) is 0 Å². The Bertz CT molecular complexity index is 1220. The van der Waals surface area contributed by atoms with Crippen LogP contribution < -0.4 is 5.32 Å². The molecule has 1 N–H and O–H groups in total. The minimum absolute atomic E-state index is 0.0213. The molecule has 2 amide bonds. The summed E-state index contributed by atoms with van der Waals surface area (Å²) in [5.41, 5.74) is 2.03. The number of hydrogen-bond donors (Lipinski definition) is 1. The lowest BCUT2D eigenvalue weighted by Gasteiger charge is -2.27. The van der Waals surface area contributed by atoms with Crippen molar-refractivity contribution in [1.82, 2.24) is 14.1 Å². The Hall–Kier alpha value is -2.27. The molecule has 0 fully saturated rings. The van der Waals surface area contributed by atoms with E-state index < -0.39 is 10.0 Å². The monoisotopic (exact) mass is 576 g/mol. The van der Waals surface area contributed by atoms with E-state index in [9.17, 15) is 18.0 Å². The minimum Gasteiger partial charge on any atom is -0.339 e. The fourth-order valence-electron chi connectivity index (χ4n) is 4.93. The maximum atomic E-state index is 13.8. The number of fused-ring (bicyclic) bond motifs is 1.